The van der Waals surface area contributed by atoms with Crippen LogP contribution in [0, 0.1) is 6.92 Å². The molecule has 0 amide bonds. The van der Waals surface area contributed by atoms with Gasteiger partial charge in [-0.15, -0.1) is 0 Å². The molecule has 5 aromatic rings. The Labute approximate surface area is 120 Å². The topological polar surface area (TPSA) is 25.9 Å². The van der Waals surface area contributed by atoms with Gasteiger partial charge in [-0.25, -0.2) is 4.79 Å². The first-order valence-corrected chi connectivity index (χ1v) is 7.03. The Morgan fingerprint density at radius 3 is 2.38 bits per heavy atom. The molecule has 0 aliphatic rings. The van der Waals surface area contributed by atoms with E-state index in [1.165, 1.54) is 5.56 Å². The number of aryl methyl sites for hydroxylation is 1. The molecule has 2 aromatic carbocycles. The summed E-state index contributed by atoms with van der Waals surface area (Å²) in [5.41, 5.74) is 5.17. The lowest BCUT2D eigenvalue weighted by Crippen LogP contribution is -2.13. The maximum Gasteiger partial charge on any atom is 0.338 e. The molecule has 3 heteroatoms. The molecule has 0 spiro atoms. The highest BCUT2D eigenvalue weighted by Gasteiger charge is 2.19. The van der Waals surface area contributed by atoms with E-state index in [9.17, 15) is 4.79 Å². The Balaban J connectivity index is 2.21. The molecule has 0 unspecified atom stereocenters. The molecular formula is C18H12N2O. The fourth-order valence-corrected chi connectivity index (χ4v) is 3.54. The average molecular weight is 272 g/mol. The van der Waals surface area contributed by atoms with Crippen LogP contribution in [-0.4, -0.2) is 8.80 Å². The minimum absolute atomic E-state index is 0.0190. The third kappa shape index (κ3) is 1.13. The fourth-order valence-electron chi connectivity index (χ4n) is 3.54. The van der Waals surface area contributed by atoms with Gasteiger partial charge >= 0.3 is 5.69 Å². The van der Waals surface area contributed by atoms with E-state index in [4.69, 9.17) is 0 Å². The van der Waals surface area contributed by atoms with Crippen molar-refractivity contribution in [2.45, 2.75) is 6.92 Å². The van der Waals surface area contributed by atoms with Crippen LogP contribution in [0.15, 0.2) is 59.4 Å². The van der Waals surface area contributed by atoms with Crippen LogP contribution in [0.5, 0.6) is 0 Å². The van der Waals surface area contributed by atoms with Gasteiger partial charge in [0.2, 0.25) is 0 Å². The Morgan fingerprint density at radius 2 is 1.52 bits per heavy atom. The molecule has 0 saturated carbocycles. The van der Waals surface area contributed by atoms with Crippen LogP contribution in [0.2, 0.25) is 0 Å². The Hall–Kier alpha value is -2.81. The van der Waals surface area contributed by atoms with E-state index in [-0.39, 0.29) is 5.69 Å². The molecular weight excluding hydrogens is 260 g/mol. The third-order valence-corrected chi connectivity index (χ3v) is 4.46. The first-order valence-electron chi connectivity index (χ1n) is 7.03. The van der Waals surface area contributed by atoms with Crippen molar-refractivity contribution in [1.29, 1.82) is 0 Å². The summed E-state index contributed by atoms with van der Waals surface area (Å²) < 4.78 is 3.66. The van der Waals surface area contributed by atoms with Crippen molar-refractivity contribution in [2.75, 3.05) is 0 Å². The molecule has 0 aliphatic carbocycles. The van der Waals surface area contributed by atoms with Crippen LogP contribution in [-0.2, 0) is 0 Å². The number of hydrogen-bond donors (Lipinski definition) is 0. The number of aromatic nitrogens is 2. The number of hydrogen-bond acceptors (Lipinski definition) is 1. The summed E-state index contributed by atoms with van der Waals surface area (Å²) in [5, 5.41) is 2.26. The summed E-state index contributed by atoms with van der Waals surface area (Å²) >= 11 is 0. The van der Waals surface area contributed by atoms with Crippen molar-refractivity contribution >= 4 is 32.8 Å². The number of imidazole rings is 1. The molecule has 0 atom stereocenters. The largest absolute Gasteiger partial charge is 0.338 e. The number of fused-ring (bicyclic) bond motifs is 7. The zero-order valence-electron chi connectivity index (χ0n) is 11.5. The summed E-state index contributed by atoms with van der Waals surface area (Å²) in [4.78, 5) is 12.9. The van der Waals surface area contributed by atoms with Crippen LogP contribution in [0.3, 0.4) is 0 Å². The van der Waals surface area contributed by atoms with Crippen LogP contribution in [0.25, 0.3) is 32.8 Å². The summed E-state index contributed by atoms with van der Waals surface area (Å²) in [6, 6.07) is 18.2. The average Bonchev–Trinajstić information content (AvgIpc) is 3.11. The van der Waals surface area contributed by atoms with E-state index >= 15 is 0 Å². The molecule has 3 nitrogen and oxygen atoms in total. The predicted molar refractivity (Wildman–Crippen MR) is 85.6 cm³/mol. The second-order valence-corrected chi connectivity index (χ2v) is 5.53. The smallest absolute Gasteiger partial charge is 0.260 e. The van der Waals surface area contributed by atoms with E-state index in [0.29, 0.717) is 0 Å². The van der Waals surface area contributed by atoms with Crippen LogP contribution in [0.4, 0.5) is 0 Å². The number of nitrogens with zero attached hydrogens (tertiary/aromatic N) is 2. The van der Waals surface area contributed by atoms with Crippen molar-refractivity contribution < 1.29 is 0 Å². The van der Waals surface area contributed by atoms with Gasteiger partial charge in [0, 0.05) is 10.8 Å². The molecule has 0 fully saturated rings. The van der Waals surface area contributed by atoms with E-state index < -0.39 is 0 Å². The number of benzene rings is 2. The summed E-state index contributed by atoms with van der Waals surface area (Å²) in [6.07, 6.45) is 0. The molecule has 0 radical (unpaired) electrons. The lowest BCUT2D eigenvalue weighted by molar-refractivity contribution is 1.06. The van der Waals surface area contributed by atoms with E-state index in [2.05, 4.69) is 25.1 Å². The summed E-state index contributed by atoms with van der Waals surface area (Å²) in [6.45, 7) is 2.09. The SMILES string of the molecule is Cc1c2ccccc2n2c(=O)n3c4ccccc4cc3c12. The Kier molecular flexibility index (Phi) is 1.79. The van der Waals surface area contributed by atoms with Crippen LogP contribution >= 0.6 is 0 Å². The lowest BCUT2D eigenvalue weighted by Gasteiger charge is -1.92. The van der Waals surface area contributed by atoms with E-state index in [1.54, 1.807) is 0 Å². The Morgan fingerprint density at radius 1 is 0.810 bits per heavy atom. The predicted octanol–water partition coefficient (Wildman–Crippen LogP) is 3.60. The molecule has 0 saturated heterocycles. The van der Waals surface area contributed by atoms with Gasteiger partial charge in [0.1, 0.15) is 0 Å². The van der Waals surface area contributed by atoms with E-state index in [0.717, 1.165) is 32.8 Å². The Bertz CT molecular complexity index is 1210. The van der Waals surface area contributed by atoms with Gasteiger partial charge in [-0.3, -0.25) is 8.80 Å². The van der Waals surface area contributed by atoms with Crippen molar-refractivity contribution in [1.82, 2.24) is 8.80 Å². The van der Waals surface area contributed by atoms with Gasteiger partial charge in [-0.05, 0) is 30.7 Å². The molecule has 0 N–H and O–H groups in total. The zero-order chi connectivity index (χ0) is 14.1. The molecule has 5 rings (SSSR count). The van der Waals surface area contributed by atoms with Crippen molar-refractivity contribution in [3.8, 4) is 0 Å². The van der Waals surface area contributed by atoms with Gasteiger partial charge in [0.25, 0.3) is 0 Å². The monoisotopic (exact) mass is 272 g/mol. The van der Waals surface area contributed by atoms with Gasteiger partial charge in [0.05, 0.1) is 22.1 Å². The summed E-state index contributed by atoms with van der Waals surface area (Å²) in [5.74, 6) is 0. The fraction of sp³-hybridized carbons (Fsp3) is 0.0556. The van der Waals surface area contributed by atoms with Crippen molar-refractivity contribution in [2.24, 2.45) is 0 Å². The molecule has 21 heavy (non-hydrogen) atoms. The highest BCUT2D eigenvalue weighted by Crippen LogP contribution is 2.30. The first-order chi connectivity index (χ1) is 10.3. The molecule has 100 valence electrons. The first kappa shape index (κ1) is 10.9. The standard InChI is InChI=1S/C18H12N2O/c1-11-13-7-3-5-9-15(13)20-17(11)16-10-12-6-2-4-8-14(12)19(16)18(20)21/h2-10H,1H3. The van der Waals surface area contributed by atoms with Gasteiger partial charge < -0.3 is 0 Å². The van der Waals surface area contributed by atoms with Gasteiger partial charge in [-0.1, -0.05) is 36.4 Å². The van der Waals surface area contributed by atoms with E-state index in [1.807, 2.05) is 45.2 Å². The van der Waals surface area contributed by atoms with Gasteiger partial charge in [-0.2, -0.15) is 0 Å². The minimum Gasteiger partial charge on any atom is -0.260 e. The number of para-hydroxylation sites is 2. The minimum atomic E-state index is 0.0190. The highest BCUT2D eigenvalue weighted by molar-refractivity contribution is 6.02. The molecule has 0 bridgehead atoms. The molecule has 3 heterocycles. The van der Waals surface area contributed by atoms with Crippen LogP contribution < -0.4 is 5.69 Å². The summed E-state index contributed by atoms with van der Waals surface area (Å²) in [7, 11) is 0. The molecule has 3 aromatic heterocycles. The lowest BCUT2D eigenvalue weighted by atomic mass is 10.1. The van der Waals surface area contributed by atoms with Crippen molar-refractivity contribution in [3.05, 3.63) is 70.6 Å². The van der Waals surface area contributed by atoms with Crippen molar-refractivity contribution in [3.63, 3.8) is 0 Å². The second kappa shape index (κ2) is 3.44. The van der Waals surface area contributed by atoms with Crippen LogP contribution in [0.1, 0.15) is 5.56 Å². The third-order valence-electron chi connectivity index (χ3n) is 4.46. The van der Waals surface area contributed by atoms with Gasteiger partial charge in [0.15, 0.2) is 0 Å². The maximum atomic E-state index is 12.9. The normalized spacial score (nSPS) is 12.2. The molecule has 0 aliphatic heterocycles. The number of rotatable bonds is 0. The maximum absolute atomic E-state index is 12.9. The highest BCUT2D eigenvalue weighted by atomic mass is 16.1. The quantitative estimate of drug-likeness (QED) is 0.423. The zero-order valence-corrected chi connectivity index (χ0v) is 11.5. The second-order valence-electron chi connectivity index (χ2n) is 5.53.